The minimum atomic E-state index is -0.131. The zero-order valence-corrected chi connectivity index (χ0v) is 14.9. The molecular formula is C15H18N6S2. The van der Waals surface area contributed by atoms with Crippen LogP contribution in [0.5, 0.6) is 0 Å². The van der Waals surface area contributed by atoms with E-state index in [-0.39, 0.29) is 5.54 Å². The molecule has 1 aromatic carbocycles. The maximum absolute atomic E-state index is 4.61. The van der Waals surface area contributed by atoms with E-state index in [1.807, 2.05) is 35.0 Å². The summed E-state index contributed by atoms with van der Waals surface area (Å²) in [5.41, 5.74) is 1.92. The molecule has 0 aliphatic heterocycles. The SMILES string of the molecule is CC(C)(C)n1nnnc1SCc1csc(Nc2ccccc2)n1. The molecule has 3 aromatic rings. The third kappa shape index (κ3) is 4.08. The van der Waals surface area contributed by atoms with E-state index in [9.17, 15) is 0 Å². The minimum absolute atomic E-state index is 0.131. The van der Waals surface area contributed by atoms with Gasteiger partial charge in [-0.25, -0.2) is 9.67 Å². The predicted molar refractivity (Wildman–Crippen MR) is 94.2 cm³/mol. The Balaban J connectivity index is 1.63. The van der Waals surface area contributed by atoms with E-state index in [0.29, 0.717) is 0 Å². The number of nitrogens with zero attached hydrogens (tertiary/aromatic N) is 5. The van der Waals surface area contributed by atoms with Gasteiger partial charge in [-0.05, 0) is 43.3 Å². The van der Waals surface area contributed by atoms with Crippen molar-refractivity contribution in [3.8, 4) is 0 Å². The first-order valence-corrected chi connectivity index (χ1v) is 9.07. The molecule has 0 bridgehead atoms. The monoisotopic (exact) mass is 346 g/mol. The largest absolute Gasteiger partial charge is 0.332 e. The Kier molecular flexibility index (Phi) is 4.63. The zero-order chi connectivity index (χ0) is 16.3. The third-order valence-corrected chi connectivity index (χ3v) is 4.76. The lowest BCUT2D eigenvalue weighted by Crippen LogP contribution is -2.24. The van der Waals surface area contributed by atoms with E-state index in [2.05, 4.69) is 52.0 Å². The molecule has 0 amide bonds. The van der Waals surface area contributed by atoms with Gasteiger partial charge in [-0.15, -0.1) is 16.4 Å². The van der Waals surface area contributed by atoms with E-state index >= 15 is 0 Å². The molecule has 0 fully saturated rings. The van der Waals surface area contributed by atoms with Crippen molar-refractivity contribution in [2.24, 2.45) is 0 Å². The number of anilines is 2. The lowest BCUT2D eigenvalue weighted by atomic mass is 10.1. The van der Waals surface area contributed by atoms with Crippen molar-refractivity contribution in [1.82, 2.24) is 25.2 Å². The van der Waals surface area contributed by atoms with Crippen LogP contribution in [0.1, 0.15) is 26.5 Å². The summed E-state index contributed by atoms with van der Waals surface area (Å²) in [5, 5.41) is 19.0. The first kappa shape index (κ1) is 15.9. The second kappa shape index (κ2) is 6.67. The molecule has 0 saturated carbocycles. The Hall–Kier alpha value is -1.93. The smallest absolute Gasteiger partial charge is 0.210 e. The molecule has 0 aliphatic rings. The molecule has 0 spiro atoms. The number of rotatable bonds is 5. The first-order chi connectivity index (χ1) is 11.0. The molecule has 0 aliphatic carbocycles. The van der Waals surface area contributed by atoms with Crippen LogP contribution in [0.25, 0.3) is 0 Å². The maximum atomic E-state index is 4.61. The van der Waals surface area contributed by atoms with Crippen molar-refractivity contribution in [3.05, 3.63) is 41.4 Å². The van der Waals surface area contributed by atoms with Crippen molar-refractivity contribution < 1.29 is 0 Å². The summed E-state index contributed by atoms with van der Waals surface area (Å²) in [6.07, 6.45) is 0. The summed E-state index contributed by atoms with van der Waals surface area (Å²) in [6.45, 7) is 6.24. The Morgan fingerprint density at radius 1 is 1.22 bits per heavy atom. The van der Waals surface area contributed by atoms with E-state index in [4.69, 9.17) is 0 Å². The topological polar surface area (TPSA) is 68.5 Å². The van der Waals surface area contributed by atoms with E-state index in [1.165, 1.54) is 0 Å². The van der Waals surface area contributed by atoms with Gasteiger partial charge in [-0.3, -0.25) is 0 Å². The summed E-state index contributed by atoms with van der Waals surface area (Å²) in [7, 11) is 0. The molecule has 0 atom stereocenters. The minimum Gasteiger partial charge on any atom is -0.332 e. The first-order valence-electron chi connectivity index (χ1n) is 7.20. The average molecular weight is 346 g/mol. The van der Waals surface area contributed by atoms with Gasteiger partial charge < -0.3 is 5.32 Å². The lowest BCUT2D eigenvalue weighted by molar-refractivity contribution is 0.321. The van der Waals surface area contributed by atoms with Gasteiger partial charge in [0, 0.05) is 16.8 Å². The van der Waals surface area contributed by atoms with Gasteiger partial charge in [0.2, 0.25) is 5.16 Å². The number of hydrogen-bond acceptors (Lipinski definition) is 7. The van der Waals surface area contributed by atoms with Crippen LogP contribution in [0.15, 0.2) is 40.9 Å². The zero-order valence-electron chi connectivity index (χ0n) is 13.2. The maximum Gasteiger partial charge on any atom is 0.210 e. The lowest BCUT2D eigenvalue weighted by Gasteiger charge is -2.19. The molecule has 6 nitrogen and oxygen atoms in total. The van der Waals surface area contributed by atoms with Crippen LogP contribution in [-0.4, -0.2) is 25.2 Å². The second-order valence-corrected chi connectivity index (χ2v) is 7.77. The molecular weight excluding hydrogens is 328 g/mol. The molecule has 0 saturated heterocycles. The van der Waals surface area contributed by atoms with Crippen LogP contribution in [0.2, 0.25) is 0 Å². The molecule has 23 heavy (non-hydrogen) atoms. The highest BCUT2D eigenvalue weighted by atomic mass is 32.2. The van der Waals surface area contributed by atoms with Crippen molar-refractivity contribution in [2.45, 2.75) is 37.2 Å². The van der Waals surface area contributed by atoms with Crippen LogP contribution in [0, 0.1) is 0 Å². The number of tetrazole rings is 1. The molecule has 2 aromatic heterocycles. The molecule has 0 unspecified atom stereocenters. The second-order valence-electron chi connectivity index (χ2n) is 5.97. The highest BCUT2D eigenvalue weighted by molar-refractivity contribution is 7.98. The molecule has 120 valence electrons. The summed E-state index contributed by atoms with van der Waals surface area (Å²) in [5.74, 6) is 0.740. The number of thiazole rings is 1. The quantitative estimate of drug-likeness (QED) is 0.706. The van der Waals surface area contributed by atoms with Crippen molar-refractivity contribution in [2.75, 3.05) is 5.32 Å². The van der Waals surface area contributed by atoms with Gasteiger partial charge >= 0.3 is 0 Å². The van der Waals surface area contributed by atoms with Crippen LogP contribution in [0.4, 0.5) is 10.8 Å². The Labute approximate surface area is 143 Å². The summed E-state index contributed by atoms with van der Waals surface area (Å²) < 4.78 is 1.84. The van der Waals surface area contributed by atoms with Gasteiger partial charge in [0.15, 0.2) is 5.13 Å². The summed E-state index contributed by atoms with van der Waals surface area (Å²) in [6, 6.07) is 10.0. The van der Waals surface area contributed by atoms with Gasteiger partial charge in [-0.2, -0.15) is 0 Å². The van der Waals surface area contributed by atoms with E-state index < -0.39 is 0 Å². The van der Waals surface area contributed by atoms with Crippen LogP contribution in [-0.2, 0) is 11.3 Å². The van der Waals surface area contributed by atoms with Gasteiger partial charge in [0.1, 0.15) is 0 Å². The average Bonchev–Trinajstić information content (AvgIpc) is 3.14. The fraction of sp³-hybridized carbons (Fsp3) is 0.333. The number of hydrogen-bond donors (Lipinski definition) is 1. The van der Waals surface area contributed by atoms with Crippen molar-refractivity contribution in [1.29, 1.82) is 0 Å². The van der Waals surface area contributed by atoms with Crippen molar-refractivity contribution in [3.63, 3.8) is 0 Å². The third-order valence-electron chi connectivity index (χ3n) is 3.00. The Bertz CT molecular complexity index is 760. The molecule has 1 N–H and O–H groups in total. The van der Waals surface area contributed by atoms with E-state index in [1.54, 1.807) is 23.1 Å². The number of aromatic nitrogens is 5. The van der Waals surface area contributed by atoms with Crippen LogP contribution < -0.4 is 5.32 Å². The number of nitrogens with one attached hydrogen (secondary N) is 1. The number of para-hydroxylation sites is 1. The van der Waals surface area contributed by atoms with Crippen molar-refractivity contribution >= 4 is 33.9 Å². The molecule has 0 radical (unpaired) electrons. The fourth-order valence-corrected chi connectivity index (χ4v) is 3.69. The Morgan fingerprint density at radius 3 is 2.74 bits per heavy atom. The van der Waals surface area contributed by atoms with Crippen LogP contribution in [0.3, 0.4) is 0 Å². The highest BCUT2D eigenvalue weighted by Gasteiger charge is 2.20. The van der Waals surface area contributed by atoms with Gasteiger partial charge in [0.05, 0.1) is 11.2 Å². The normalized spacial score (nSPS) is 11.6. The highest BCUT2D eigenvalue weighted by Crippen LogP contribution is 2.27. The van der Waals surface area contributed by atoms with Gasteiger partial charge in [0.25, 0.3) is 0 Å². The Morgan fingerprint density at radius 2 is 2.00 bits per heavy atom. The summed E-state index contributed by atoms with van der Waals surface area (Å²) in [4.78, 5) is 4.61. The molecule has 2 heterocycles. The fourth-order valence-electron chi connectivity index (χ4n) is 1.90. The standard InChI is InChI=1S/C15H18N6S2/c1-15(2,3)21-14(18-19-20-21)23-10-12-9-22-13(17-12)16-11-7-5-4-6-8-11/h4-9H,10H2,1-3H3,(H,16,17). The number of benzene rings is 1. The van der Waals surface area contributed by atoms with Crippen LogP contribution >= 0.6 is 23.1 Å². The van der Waals surface area contributed by atoms with Gasteiger partial charge in [-0.1, -0.05) is 30.0 Å². The molecule has 3 rings (SSSR count). The van der Waals surface area contributed by atoms with E-state index in [0.717, 1.165) is 27.4 Å². The molecule has 8 heteroatoms. The summed E-state index contributed by atoms with van der Waals surface area (Å²) >= 11 is 3.19. The number of thioether (sulfide) groups is 1. The predicted octanol–water partition coefficient (Wildman–Crippen LogP) is 3.92.